The highest BCUT2D eigenvalue weighted by molar-refractivity contribution is 6.34. The third-order valence-corrected chi connectivity index (χ3v) is 5.86. The zero-order valence-electron chi connectivity index (χ0n) is 16.1. The van der Waals surface area contributed by atoms with Gasteiger partial charge in [0, 0.05) is 29.8 Å². The molecule has 30 heavy (non-hydrogen) atoms. The van der Waals surface area contributed by atoms with E-state index in [1.165, 1.54) is 0 Å². The van der Waals surface area contributed by atoms with Crippen LogP contribution >= 0.6 is 11.6 Å². The molecule has 1 fully saturated rings. The number of anilines is 2. The average Bonchev–Trinajstić information content (AvgIpc) is 3.19. The molecule has 0 spiro atoms. The van der Waals surface area contributed by atoms with Crippen LogP contribution in [0.3, 0.4) is 0 Å². The number of carbonyl (C=O) groups is 2. The van der Waals surface area contributed by atoms with Gasteiger partial charge in [0.1, 0.15) is 11.5 Å². The standard InChI is InChI=1S/C24H19ClN2O3/c25-18-12-11-15(27-13-5-10-22(27)28)14-19(18)26-24(29)23-16-6-1-3-8-20(16)30-21-9-4-2-7-17(21)23/h1-4,6-9,11-12,14,23H,5,10,13H2,(H,26,29). The van der Waals surface area contributed by atoms with Gasteiger partial charge in [-0.3, -0.25) is 9.59 Å². The van der Waals surface area contributed by atoms with Crippen LogP contribution in [0.2, 0.25) is 5.02 Å². The van der Waals surface area contributed by atoms with E-state index in [1.54, 1.807) is 23.1 Å². The summed E-state index contributed by atoms with van der Waals surface area (Å²) >= 11 is 6.38. The number of rotatable bonds is 3. The van der Waals surface area contributed by atoms with E-state index in [9.17, 15) is 9.59 Å². The maximum Gasteiger partial charge on any atom is 0.236 e. The Bertz CT molecular complexity index is 1120. The molecule has 0 atom stereocenters. The highest BCUT2D eigenvalue weighted by Crippen LogP contribution is 2.44. The van der Waals surface area contributed by atoms with E-state index in [1.807, 2.05) is 48.5 Å². The summed E-state index contributed by atoms with van der Waals surface area (Å²) in [7, 11) is 0. The van der Waals surface area contributed by atoms with Gasteiger partial charge in [0.05, 0.1) is 16.6 Å². The minimum Gasteiger partial charge on any atom is -0.457 e. The summed E-state index contributed by atoms with van der Waals surface area (Å²) in [6.45, 7) is 0.675. The van der Waals surface area contributed by atoms with E-state index >= 15 is 0 Å². The second-order valence-electron chi connectivity index (χ2n) is 7.41. The third-order valence-electron chi connectivity index (χ3n) is 5.54. The fourth-order valence-corrected chi connectivity index (χ4v) is 4.26. The van der Waals surface area contributed by atoms with Gasteiger partial charge >= 0.3 is 0 Å². The predicted octanol–water partition coefficient (Wildman–Crippen LogP) is 5.34. The molecule has 0 aromatic heterocycles. The van der Waals surface area contributed by atoms with Crippen molar-refractivity contribution in [3.8, 4) is 11.5 Å². The fraction of sp³-hybridized carbons (Fsp3) is 0.167. The number of para-hydroxylation sites is 2. The minimum absolute atomic E-state index is 0.0851. The number of amides is 2. The minimum atomic E-state index is -0.528. The lowest BCUT2D eigenvalue weighted by atomic mass is 9.87. The van der Waals surface area contributed by atoms with Crippen molar-refractivity contribution in [1.29, 1.82) is 0 Å². The van der Waals surface area contributed by atoms with Crippen LogP contribution < -0.4 is 15.0 Å². The number of carbonyl (C=O) groups excluding carboxylic acids is 2. The molecule has 2 aliphatic rings. The molecule has 2 amide bonds. The molecule has 0 saturated carbocycles. The molecule has 1 N–H and O–H groups in total. The lowest BCUT2D eigenvalue weighted by Crippen LogP contribution is -2.26. The van der Waals surface area contributed by atoms with Crippen LogP contribution in [0.4, 0.5) is 11.4 Å². The highest BCUT2D eigenvalue weighted by atomic mass is 35.5. The highest BCUT2D eigenvalue weighted by Gasteiger charge is 2.33. The molecule has 0 bridgehead atoms. The molecule has 0 radical (unpaired) electrons. The van der Waals surface area contributed by atoms with Crippen LogP contribution in [-0.2, 0) is 9.59 Å². The molecular formula is C24H19ClN2O3. The van der Waals surface area contributed by atoms with Gasteiger partial charge in [-0.2, -0.15) is 0 Å². The Morgan fingerprint density at radius 2 is 1.67 bits per heavy atom. The molecule has 3 aromatic carbocycles. The smallest absolute Gasteiger partial charge is 0.236 e. The molecule has 5 rings (SSSR count). The van der Waals surface area contributed by atoms with Gasteiger partial charge in [-0.25, -0.2) is 0 Å². The quantitative estimate of drug-likeness (QED) is 0.624. The fourth-order valence-electron chi connectivity index (χ4n) is 4.10. The van der Waals surface area contributed by atoms with Crippen molar-refractivity contribution in [3.05, 3.63) is 82.9 Å². The number of nitrogens with one attached hydrogen (secondary N) is 1. The number of fused-ring (bicyclic) bond motifs is 2. The van der Waals surface area contributed by atoms with Crippen LogP contribution in [-0.4, -0.2) is 18.4 Å². The van der Waals surface area contributed by atoms with E-state index in [2.05, 4.69) is 5.32 Å². The zero-order valence-corrected chi connectivity index (χ0v) is 16.9. The largest absolute Gasteiger partial charge is 0.457 e. The van der Waals surface area contributed by atoms with Crippen LogP contribution in [0.1, 0.15) is 29.9 Å². The number of benzene rings is 3. The van der Waals surface area contributed by atoms with E-state index in [4.69, 9.17) is 16.3 Å². The normalized spacial score (nSPS) is 15.4. The molecule has 2 aliphatic heterocycles. The average molecular weight is 419 g/mol. The first-order valence-corrected chi connectivity index (χ1v) is 10.3. The summed E-state index contributed by atoms with van der Waals surface area (Å²) in [5.41, 5.74) is 2.83. The molecular weight excluding hydrogens is 400 g/mol. The number of hydrogen-bond acceptors (Lipinski definition) is 3. The molecule has 6 heteroatoms. The lowest BCUT2D eigenvalue weighted by molar-refractivity contribution is -0.117. The van der Waals surface area contributed by atoms with Gasteiger partial charge in [0.2, 0.25) is 11.8 Å². The topological polar surface area (TPSA) is 58.6 Å². The van der Waals surface area contributed by atoms with Crippen molar-refractivity contribution < 1.29 is 14.3 Å². The van der Waals surface area contributed by atoms with Crippen LogP contribution in [0.5, 0.6) is 11.5 Å². The SMILES string of the molecule is O=C(Nc1cc(N2CCCC2=O)ccc1Cl)C1c2ccccc2Oc2ccccc21. The van der Waals surface area contributed by atoms with E-state index in [0.717, 1.165) is 23.2 Å². The van der Waals surface area contributed by atoms with Crippen LogP contribution in [0, 0.1) is 0 Å². The maximum absolute atomic E-state index is 13.4. The van der Waals surface area contributed by atoms with E-state index in [-0.39, 0.29) is 11.8 Å². The summed E-state index contributed by atoms with van der Waals surface area (Å²) < 4.78 is 5.98. The number of nitrogens with zero attached hydrogens (tertiary/aromatic N) is 1. The first-order valence-electron chi connectivity index (χ1n) is 9.88. The monoisotopic (exact) mass is 418 g/mol. The number of halogens is 1. The Morgan fingerprint density at radius 3 is 2.30 bits per heavy atom. The molecule has 1 saturated heterocycles. The summed E-state index contributed by atoms with van der Waals surface area (Å²) in [6, 6.07) is 20.4. The van der Waals surface area contributed by atoms with Gasteiger partial charge in [0.25, 0.3) is 0 Å². The molecule has 0 unspecified atom stereocenters. The van der Waals surface area contributed by atoms with E-state index in [0.29, 0.717) is 35.2 Å². The lowest BCUT2D eigenvalue weighted by Gasteiger charge is -2.27. The van der Waals surface area contributed by atoms with Crippen LogP contribution in [0.15, 0.2) is 66.7 Å². The van der Waals surface area contributed by atoms with Crippen LogP contribution in [0.25, 0.3) is 0 Å². The molecule has 0 aliphatic carbocycles. The Balaban J connectivity index is 1.50. The van der Waals surface area contributed by atoms with Crippen molar-refractivity contribution in [2.45, 2.75) is 18.8 Å². The van der Waals surface area contributed by atoms with E-state index < -0.39 is 5.92 Å². The van der Waals surface area contributed by atoms with Gasteiger partial charge in [-0.1, -0.05) is 48.0 Å². The van der Waals surface area contributed by atoms with Crippen molar-refractivity contribution in [2.24, 2.45) is 0 Å². The van der Waals surface area contributed by atoms with Crippen molar-refractivity contribution in [2.75, 3.05) is 16.8 Å². The van der Waals surface area contributed by atoms with Gasteiger partial charge in [-0.15, -0.1) is 0 Å². The number of hydrogen-bond donors (Lipinski definition) is 1. The molecule has 3 aromatic rings. The van der Waals surface area contributed by atoms with Crippen molar-refractivity contribution >= 4 is 34.8 Å². The molecule has 150 valence electrons. The predicted molar refractivity (Wildman–Crippen MR) is 116 cm³/mol. The Kier molecular flexibility index (Phi) is 4.68. The maximum atomic E-state index is 13.4. The zero-order chi connectivity index (χ0) is 20.7. The third kappa shape index (κ3) is 3.21. The van der Waals surface area contributed by atoms with Gasteiger partial charge < -0.3 is 15.0 Å². The summed E-state index contributed by atoms with van der Waals surface area (Å²) in [5, 5.41) is 3.40. The first kappa shape index (κ1) is 18.7. The molecule has 5 nitrogen and oxygen atoms in total. The number of ether oxygens (including phenoxy) is 1. The van der Waals surface area contributed by atoms with Gasteiger partial charge in [-0.05, 0) is 36.8 Å². The Hall–Kier alpha value is -3.31. The summed E-state index contributed by atoms with van der Waals surface area (Å²) in [6.07, 6.45) is 1.37. The Labute approximate surface area is 179 Å². The van der Waals surface area contributed by atoms with Gasteiger partial charge in [0.15, 0.2) is 0 Å². The summed E-state index contributed by atoms with van der Waals surface area (Å²) in [5.74, 6) is 0.684. The van der Waals surface area contributed by atoms with Crippen molar-refractivity contribution in [3.63, 3.8) is 0 Å². The molecule has 2 heterocycles. The van der Waals surface area contributed by atoms with Crippen molar-refractivity contribution in [1.82, 2.24) is 0 Å². The Morgan fingerprint density at radius 1 is 1.00 bits per heavy atom. The summed E-state index contributed by atoms with van der Waals surface area (Å²) in [4.78, 5) is 27.3. The second kappa shape index (κ2) is 7.50. The second-order valence-corrected chi connectivity index (χ2v) is 7.82. The first-order chi connectivity index (χ1) is 14.6.